The van der Waals surface area contributed by atoms with Crippen molar-refractivity contribution in [2.24, 2.45) is 0 Å². The molecule has 0 spiro atoms. The van der Waals surface area contributed by atoms with Gasteiger partial charge in [0, 0.05) is 31.1 Å². The van der Waals surface area contributed by atoms with Crippen LogP contribution in [0.5, 0.6) is 11.8 Å². The number of nitrogens with zero attached hydrogens (tertiary/aromatic N) is 6. The first-order valence-corrected chi connectivity index (χ1v) is 22.1. The van der Waals surface area contributed by atoms with E-state index in [0.29, 0.717) is 36.8 Å². The minimum absolute atomic E-state index is 0.0200. The number of benzene rings is 2. The van der Waals surface area contributed by atoms with Gasteiger partial charge in [-0.05, 0) is 95.8 Å². The van der Waals surface area contributed by atoms with Crippen LogP contribution in [0, 0.1) is 24.0 Å². The normalized spacial score (nSPS) is 24.1. The van der Waals surface area contributed by atoms with Crippen molar-refractivity contribution < 1.29 is 76.8 Å². The van der Waals surface area contributed by atoms with Gasteiger partial charge in [0.25, 0.3) is 0 Å². The van der Waals surface area contributed by atoms with Crippen LogP contribution in [0.1, 0.15) is 70.6 Å². The molecule has 2 aromatic heterocycles. The van der Waals surface area contributed by atoms with Crippen molar-refractivity contribution in [3.8, 4) is 35.4 Å². The van der Waals surface area contributed by atoms with Crippen LogP contribution in [-0.2, 0) is 20.6 Å². The molecule has 4 saturated heterocycles. The molecule has 0 aliphatic carbocycles. The van der Waals surface area contributed by atoms with Crippen LogP contribution in [0.15, 0.2) is 24.3 Å². The fourth-order valence-corrected chi connectivity index (χ4v) is 11.0. The van der Waals surface area contributed by atoms with Crippen LogP contribution in [-0.4, -0.2) is 130 Å². The summed E-state index contributed by atoms with van der Waals surface area (Å²) in [4.78, 5) is 32.9. The van der Waals surface area contributed by atoms with Crippen LogP contribution in [0.4, 0.5) is 58.9 Å². The number of hydrogen-bond acceptors (Lipinski definition) is 11. The Morgan fingerprint density at radius 2 is 1.62 bits per heavy atom. The first-order chi connectivity index (χ1) is 32.3. The third kappa shape index (κ3) is 8.07. The molecule has 23 heteroatoms. The number of ether oxygens (including phenoxy) is 5. The molecule has 9 rings (SSSR count). The molecule has 0 unspecified atom stereocenters. The van der Waals surface area contributed by atoms with Crippen molar-refractivity contribution in [2.75, 3.05) is 45.0 Å². The number of carbonyl (C=O) groups excluding carboxylic acids is 1. The van der Waals surface area contributed by atoms with Crippen LogP contribution < -0.4 is 14.4 Å². The first kappa shape index (κ1) is 48.5. The standard InChI is InChI=1S/C46H45F11N6O6/c1-6-27-29(47)10-8-23-16-25(67-22-65-5)17-28(33(23)27)36-35(48)37-34-30(58-36)11-13-31-32-12-9-24(63(32)40(64)69-41(2,3)4)19-62(31)38(34)60-39(59-37)66-21-42-14-7-15-61(42)20-26(18-42)68-43(44(49,50)51,45(52,53)54)46(55,56)57/h1,8,10,16-17,24,26,31-32H,7,9,11-15,18-22H2,2-5H3/t24-,26-,31-,32+,42-/m1/s1. The molecule has 5 atom stereocenters. The lowest BCUT2D eigenvalue weighted by molar-refractivity contribution is -0.463. The Balaban J connectivity index is 1.16. The quantitative estimate of drug-likeness (QED) is 0.0909. The van der Waals surface area contributed by atoms with Crippen LogP contribution in [0.3, 0.4) is 0 Å². The van der Waals surface area contributed by atoms with Crippen molar-refractivity contribution in [2.45, 2.75) is 125 Å². The molecule has 0 saturated carbocycles. The highest BCUT2D eigenvalue weighted by Crippen LogP contribution is 2.57. The smallest absolute Gasteiger partial charge is 0.435 e. The number of rotatable bonds is 9. The zero-order chi connectivity index (χ0) is 49.8. The van der Waals surface area contributed by atoms with Crippen molar-refractivity contribution in [3.63, 3.8) is 0 Å². The van der Waals surface area contributed by atoms with E-state index in [1.54, 1.807) is 31.7 Å². The Hall–Kier alpha value is -5.47. The zero-order valence-electron chi connectivity index (χ0n) is 37.5. The summed E-state index contributed by atoms with van der Waals surface area (Å²) in [5, 5.41) is 0.653. The maximum atomic E-state index is 17.8. The van der Waals surface area contributed by atoms with E-state index in [0.717, 1.165) is 6.07 Å². The highest BCUT2D eigenvalue weighted by atomic mass is 19.4. The van der Waals surface area contributed by atoms with Gasteiger partial charge in [0.05, 0.1) is 46.4 Å². The van der Waals surface area contributed by atoms with Crippen molar-refractivity contribution in [1.82, 2.24) is 24.8 Å². The highest BCUT2D eigenvalue weighted by molar-refractivity contribution is 6.03. The van der Waals surface area contributed by atoms with Gasteiger partial charge in [0.1, 0.15) is 40.8 Å². The molecule has 7 heterocycles. The molecule has 4 fully saturated rings. The van der Waals surface area contributed by atoms with E-state index in [2.05, 4.69) is 15.6 Å². The van der Waals surface area contributed by atoms with E-state index in [1.165, 1.54) is 24.1 Å². The summed E-state index contributed by atoms with van der Waals surface area (Å²) in [5.41, 5.74) is -9.25. The summed E-state index contributed by atoms with van der Waals surface area (Å²) >= 11 is 0. The van der Waals surface area contributed by atoms with Crippen molar-refractivity contribution in [3.05, 3.63) is 47.2 Å². The number of hydrogen-bond donors (Lipinski definition) is 0. The first-order valence-electron chi connectivity index (χ1n) is 22.1. The number of amides is 1. The van der Waals surface area contributed by atoms with E-state index in [4.69, 9.17) is 35.3 Å². The largest absolute Gasteiger partial charge is 0.468 e. The topological polar surface area (TPSA) is 112 Å². The molecule has 12 nitrogen and oxygen atoms in total. The lowest BCUT2D eigenvalue weighted by atomic mass is 9.93. The Morgan fingerprint density at radius 1 is 0.899 bits per heavy atom. The third-order valence-corrected chi connectivity index (χ3v) is 13.7. The Kier molecular flexibility index (Phi) is 11.9. The monoisotopic (exact) mass is 986 g/mol. The van der Waals surface area contributed by atoms with Gasteiger partial charge >= 0.3 is 36.2 Å². The molecular weight excluding hydrogens is 942 g/mol. The number of halogens is 11. The average molecular weight is 987 g/mol. The summed E-state index contributed by atoms with van der Waals surface area (Å²) in [5.74, 6) is 0.867. The number of methoxy groups -OCH3 is 1. The molecule has 1 amide bonds. The highest BCUT2D eigenvalue weighted by Gasteiger charge is 2.86. The maximum Gasteiger partial charge on any atom is 0.435 e. The van der Waals surface area contributed by atoms with Gasteiger partial charge < -0.3 is 28.6 Å². The summed E-state index contributed by atoms with van der Waals surface area (Å²) < 4.78 is 186. The number of anilines is 1. The van der Waals surface area contributed by atoms with Gasteiger partial charge in [-0.15, -0.1) is 6.42 Å². The summed E-state index contributed by atoms with van der Waals surface area (Å²) in [7, 11) is 1.39. The van der Waals surface area contributed by atoms with Gasteiger partial charge in [-0.25, -0.2) is 18.6 Å². The molecule has 69 heavy (non-hydrogen) atoms. The predicted octanol–water partition coefficient (Wildman–Crippen LogP) is 9.42. The van der Waals surface area contributed by atoms with E-state index in [-0.39, 0.29) is 83.4 Å². The van der Waals surface area contributed by atoms with E-state index in [9.17, 15) is 44.3 Å². The number of alkyl halides is 9. The Morgan fingerprint density at radius 3 is 2.29 bits per heavy atom. The molecule has 2 bridgehead atoms. The van der Waals surface area contributed by atoms with Crippen molar-refractivity contribution >= 4 is 33.6 Å². The molecule has 0 N–H and O–H groups in total. The SMILES string of the molecule is C#Cc1c(F)ccc2cc(OCOC)cc(-c3nc4c5c(nc(OC[C@]67CCCN6C[C@H](OC(C(F)(F)F)(C(F)(F)F)C(F)(F)F)C7)nc5c3F)N3C[C@H]5CC[C@@H]([C@H]3CC4)N5C(=O)OC(C)(C)C)c12. The lowest BCUT2D eigenvalue weighted by Gasteiger charge is -2.47. The number of terminal acetylenes is 1. The van der Waals surface area contributed by atoms with Crippen LogP contribution in [0.2, 0.25) is 0 Å². The molecule has 5 aliphatic rings. The van der Waals surface area contributed by atoms with Gasteiger partial charge in [0.15, 0.2) is 12.6 Å². The van der Waals surface area contributed by atoms with Gasteiger partial charge in [-0.3, -0.25) is 9.80 Å². The van der Waals surface area contributed by atoms with Crippen molar-refractivity contribution in [1.29, 1.82) is 0 Å². The lowest BCUT2D eigenvalue weighted by Crippen LogP contribution is -2.68. The van der Waals surface area contributed by atoms with E-state index < -0.39 is 96.8 Å². The fourth-order valence-electron chi connectivity index (χ4n) is 11.0. The van der Waals surface area contributed by atoms with Gasteiger partial charge in [-0.2, -0.15) is 49.5 Å². The second-order valence-electron chi connectivity index (χ2n) is 19.1. The Labute approximate surface area is 387 Å². The molecule has 0 radical (unpaired) electrons. The summed E-state index contributed by atoms with van der Waals surface area (Å²) in [6, 6.07) is 3.82. The molecule has 372 valence electrons. The number of carbonyl (C=O) groups is 1. The molecule has 2 aromatic carbocycles. The van der Waals surface area contributed by atoms with E-state index >= 15 is 8.78 Å². The van der Waals surface area contributed by atoms with Crippen LogP contribution >= 0.6 is 0 Å². The summed E-state index contributed by atoms with van der Waals surface area (Å²) in [6.07, 6.45) is -16.3. The minimum Gasteiger partial charge on any atom is -0.468 e. The Bertz CT molecular complexity index is 2700. The minimum atomic E-state index is -6.92. The predicted molar refractivity (Wildman–Crippen MR) is 224 cm³/mol. The van der Waals surface area contributed by atoms with Gasteiger partial charge in [0.2, 0.25) is 0 Å². The van der Waals surface area contributed by atoms with Crippen LogP contribution in [0.25, 0.3) is 32.9 Å². The average Bonchev–Trinajstić information content (AvgIpc) is 3.87. The second kappa shape index (κ2) is 16.9. The van der Waals surface area contributed by atoms with Gasteiger partial charge in [-0.1, -0.05) is 12.0 Å². The number of piperazine rings is 1. The second-order valence-corrected chi connectivity index (χ2v) is 19.1. The maximum absolute atomic E-state index is 17.8. The third-order valence-electron chi connectivity index (χ3n) is 13.7. The summed E-state index contributed by atoms with van der Waals surface area (Å²) in [6.45, 7) is 4.00. The fraction of sp³-hybridized carbons (Fsp3) is 0.565. The number of aryl methyl sites for hydroxylation is 1. The van der Waals surface area contributed by atoms with E-state index in [1.807, 2.05) is 4.90 Å². The molecule has 5 aliphatic heterocycles. The molecular formula is C46H45F11N6O6. The number of fused-ring (bicyclic) bond motifs is 7. The zero-order valence-corrected chi connectivity index (χ0v) is 37.5. The number of aromatic nitrogens is 3. The number of pyridine rings is 1. The molecule has 4 aromatic rings.